The molecule has 116 valence electrons. The number of rotatable bonds is 7. The highest BCUT2D eigenvalue weighted by Gasteiger charge is 2.21. The van der Waals surface area contributed by atoms with E-state index in [4.69, 9.17) is 9.84 Å². The maximum atomic E-state index is 10.9. The molecule has 4 heteroatoms. The third-order valence-corrected chi connectivity index (χ3v) is 4.10. The van der Waals surface area contributed by atoms with Crippen LogP contribution in [0.25, 0.3) is 0 Å². The van der Waals surface area contributed by atoms with Crippen molar-refractivity contribution in [1.29, 1.82) is 0 Å². The molecule has 1 aromatic carbocycles. The molecule has 0 aliphatic heterocycles. The molecule has 0 saturated heterocycles. The Bertz CT molecular complexity index is 453. The number of hydrogen-bond donors (Lipinski definition) is 2. The molecule has 0 unspecified atom stereocenters. The van der Waals surface area contributed by atoms with E-state index in [1.165, 1.54) is 0 Å². The summed E-state index contributed by atoms with van der Waals surface area (Å²) in [4.78, 5) is 10.9. The summed E-state index contributed by atoms with van der Waals surface area (Å²) in [5, 5.41) is 12.4. The van der Waals surface area contributed by atoms with Gasteiger partial charge >= 0.3 is 5.97 Å². The molecule has 0 atom stereocenters. The normalized spacial score (nSPS) is 22.1. The Morgan fingerprint density at radius 2 is 1.90 bits per heavy atom. The van der Waals surface area contributed by atoms with E-state index >= 15 is 0 Å². The van der Waals surface area contributed by atoms with Crippen molar-refractivity contribution in [3.05, 3.63) is 35.4 Å². The Balaban J connectivity index is 1.82. The minimum absolute atomic E-state index is 0.0622. The van der Waals surface area contributed by atoms with Crippen molar-refractivity contribution < 1.29 is 14.6 Å². The maximum absolute atomic E-state index is 10.9. The number of carbonyl (C=O) groups is 1. The molecule has 2 N–H and O–H groups in total. The van der Waals surface area contributed by atoms with E-state index in [9.17, 15) is 4.79 Å². The Labute approximate surface area is 126 Å². The Hall–Kier alpha value is -1.39. The average Bonchev–Trinajstić information content (AvgIpc) is 2.48. The van der Waals surface area contributed by atoms with Crippen LogP contribution >= 0.6 is 0 Å². The Morgan fingerprint density at radius 1 is 1.24 bits per heavy atom. The number of hydrogen-bond acceptors (Lipinski definition) is 3. The van der Waals surface area contributed by atoms with Gasteiger partial charge in [-0.1, -0.05) is 31.2 Å². The summed E-state index contributed by atoms with van der Waals surface area (Å²) < 4.78 is 6.00. The van der Waals surface area contributed by atoms with Crippen LogP contribution in [0.5, 0.6) is 0 Å². The average molecular weight is 291 g/mol. The van der Waals surface area contributed by atoms with Crippen LogP contribution in [-0.2, 0) is 22.6 Å². The lowest BCUT2D eigenvalue weighted by atomic mass is 9.93. The molecular formula is C17H25NO3. The lowest BCUT2D eigenvalue weighted by Crippen LogP contribution is -2.35. The SMILES string of the molecule is CCNC1CCC(OCc2ccccc2CC(=O)O)CC1. The van der Waals surface area contributed by atoms with Gasteiger partial charge in [0.1, 0.15) is 0 Å². The van der Waals surface area contributed by atoms with Crippen molar-refractivity contribution in [2.75, 3.05) is 6.54 Å². The van der Waals surface area contributed by atoms with Crippen LogP contribution in [0.4, 0.5) is 0 Å². The van der Waals surface area contributed by atoms with E-state index in [1.807, 2.05) is 24.3 Å². The Morgan fingerprint density at radius 3 is 2.52 bits per heavy atom. The standard InChI is InChI=1S/C17H25NO3/c1-2-18-15-7-9-16(10-8-15)21-12-14-6-4-3-5-13(14)11-17(19)20/h3-6,15-16,18H,2,7-12H2,1H3,(H,19,20). The molecule has 0 radical (unpaired) electrons. The highest BCUT2D eigenvalue weighted by atomic mass is 16.5. The van der Waals surface area contributed by atoms with E-state index in [0.717, 1.165) is 43.4 Å². The highest BCUT2D eigenvalue weighted by Crippen LogP contribution is 2.23. The number of ether oxygens (including phenoxy) is 1. The molecule has 0 spiro atoms. The Kier molecular flexibility index (Phi) is 6.21. The van der Waals surface area contributed by atoms with Crippen LogP contribution in [0.3, 0.4) is 0 Å². The lowest BCUT2D eigenvalue weighted by molar-refractivity contribution is -0.136. The zero-order valence-electron chi connectivity index (χ0n) is 12.7. The predicted molar refractivity (Wildman–Crippen MR) is 82.3 cm³/mol. The first-order valence-corrected chi connectivity index (χ1v) is 7.82. The second-order valence-electron chi connectivity index (χ2n) is 5.68. The van der Waals surface area contributed by atoms with Gasteiger partial charge < -0.3 is 15.2 Å². The highest BCUT2D eigenvalue weighted by molar-refractivity contribution is 5.70. The zero-order valence-corrected chi connectivity index (χ0v) is 12.7. The minimum Gasteiger partial charge on any atom is -0.481 e. The summed E-state index contributed by atoms with van der Waals surface area (Å²) in [6, 6.07) is 8.28. The van der Waals surface area contributed by atoms with Gasteiger partial charge in [0.2, 0.25) is 0 Å². The molecule has 4 nitrogen and oxygen atoms in total. The van der Waals surface area contributed by atoms with Crippen LogP contribution in [0, 0.1) is 0 Å². The van der Waals surface area contributed by atoms with E-state index in [1.54, 1.807) is 0 Å². The van der Waals surface area contributed by atoms with Crippen LogP contribution in [0.15, 0.2) is 24.3 Å². The van der Waals surface area contributed by atoms with Crippen LogP contribution in [-0.4, -0.2) is 29.8 Å². The van der Waals surface area contributed by atoms with Crippen molar-refractivity contribution in [3.8, 4) is 0 Å². The first kappa shape index (κ1) is 16.0. The fraction of sp³-hybridized carbons (Fsp3) is 0.588. The van der Waals surface area contributed by atoms with Crippen molar-refractivity contribution >= 4 is 5.97 Å². The van der Waals surface area contributed by atoms with Gasteiger partial charge in [-0.05, 0) is 43.4 Å². The molecule has 1 aliphatic carbocycles. The van der Waals surface area contributed by atoms with Gasteiger partial charge in [-0.3, -0.25) is 4.79 Å². The summed E-state index contributed by atoms with van der Waals surface area (Å²) in [6.07, 6.45) is 4.85. The second kappa shape index (κ2) is 8.15. The molecule has 1 aliphatic rings. The summed E-state index contributed by atoms with van der Waals surface area (Å²) in [7, 11) is 0. The molecule has 1 aromatic rings. The fourth-order valence-electron chi connectivity index (χ4n) is 2.96. The fourth-order valence-corrected chi connectivity index (χ4v) is 2.96. The van der Waals surface area contributed by atoms with Crippen LogP contribution in [0.1, 0.15) is 43.7 Å². The van der Waals surface area contributed by atoms with E-state index in [-0.39, 0.29) is 6.42 Å². The monoisotopic (exact) mass is 291 g/mol. The van der Waals surface area contributed by atoms with Gasteiger partial charge in [-0.15, -0.1) is 0 Å². The summed E-state index contributed by atoms with van der Waals surface area (Å²) in [6.45, 7) is 3.68. The van der Waals surface area contributed by atoms with E-state index in [2.05, 4.69) is 12.2 Å². The lowest BCUT2D eigenvalue weighted by Gasteiger charge is -2.29. The van der Waals surface area contributed by atoms with Crippen molar-refractivity contribution in [2.24, 2.45) is 0 Å². The number of carboxylic acid groups (broad SMARTS) is 1. The third kappa shape index (κ3) is 5.14. The molecule has 21 heavy (non-hydrogen) atoms. The first-order chi connectivity index (χ1) is 10.2. The molecule has 0 bridgehead atoms. The van der Waals surface area contributed by atoms with Gasteiger partial charge in [-0.2, -0.15) is 0 Å². The molecular weight excluding hydrogens is 266 g/mol. The first-order valence-electron chi connectivity index (χ1n) is 7.82. The zero-order chi connectivity index (χ0) is 15.1. The van der Waals surface area contributed by atoms with E-state index < -0.39 is 5.97 Å². The smallest absolute Gasteiger partial charge is 0.307 e. The van der Waals surface area contributed by atoms with Crippen molar-refractivity contribution in [2.45, 2.75) is 57.8 Å². The second-order valence-corrected chi connectivity index (χ2v) is 5.68. The molecule has 0 aromatic heterocycles. The van der Waals surface area contributed by atoms with Crippen LogP contribution < -0.4 is 5.32 Å². The quantitative estimate of drug-likeness (QED) is 0.811. The number of nitrogens with one attached hydrogen (secondary N) is 1. The van der Waals surface area contributed by atoms with Crippen molar-refractivity contribution in [1.82, 2.24) is 5.32 Å². The predicted octanol–water partition coefficient (Wildman–Crippen LogP) is 2.75. The third-order valence-electron chi connectivity index (χ3n) is 4.10. The summed E-state index contributed by atoms with van der Waals surface area (Å²) in [5.74, 6) is -0.798. The van der Waals surface area contributed by atoms with Crippen LogP contribution in [0.2, 0.25) is 0 Å². The molecule has 2 rings (SSSR count). The van der Waals surface area contributed by atoms with E-state index in [0.29, 0.717) is 18.8 Å². The van der Waals surface area contributed by atoms with Gasteiger partial charge in [0.15, 0.2) is 0 Å². The molecule has 1 fully saturated rings. The minimum atomic E-state index is -0.798. The topological polar surface area (TPSA) is 58.6 Å². The van der Waals surface area contributed by atoms with Crippen molar-refractivity contribution in [3.63, 3.8) is 0 Å². The largest absolute Gasteiger partial charge is 0.481 e. The molecule has 0 amide bonds. The van der Waals surface area contributed by atoms with Gasteiger partial charge in [0.05, 0.1) is 19.1 Å². The molecule has 0 heterocycles. The number of carboxylic acids is 1. The summed E-state index contributed by atoms with van der Waals surface area (Å²) >= 11 is 0. The number of aliphatic carboxylic acids is 1. The summed E-state index contributed by atoms with van der Waals surface area (Å²) in [5.41, 5.74) is 1.85. The number of benzene rings is 1. The van der Waals surface area contributed by atoms with Gasteiger partial charge in [0.25, 0.3) is 0 Å². The maximum Gasteiger partial charge on any atom is 0.307 e. The van der Waals surface area contributed by atoms with Gasteiger partial charge in [-0.25, -0.2) is 0 Å². The van der Waals surface area contributed by atoms with Gasteiger partial charge in [0, 0.05) is 6.04 Å². The molecule has 1 saturated carbocycles.